The van der Waals surface area contributed by atoms with Gasteiger partial charge in [-0.15, -0.1) is 0 Å². The van der Waals surface area contributed by atoms with Crippen LogP contribution in [0.2, 0.25) is 0 Å². The molecule has 2 N–H and O–H groups in total. The SMILES string of the molecule is CCNc1nc(NCC(C)C2CC2)nc(-n2ccnc2)n1. The van der Waals surface area contributed by atoms with Gasteiger partial charge in [0.1, 0.15) is 6.33 Å². The minimum absolute atomic E-state index is 0.569. The molecule has 21 heavy (non-hydrogen) atoms. The third-order valence-corrected chi connectivity index (χ3v) is 3.70. The van der Waals surface area contributed by atoms with Gasteiger partial charge >= 0.3 is 0 Å². The van der Waals surface area contributed by atoms with Crippen LogP contribution in [0.1, 0.15) is 26.7 Å². The third-order valence-electron chi connectivity index (χ3n) is 3.70. The Bertz CT molecular complexity index is 577. The van der Waals surface area contributed by atoms with Crippen molar-refractivity contribution in [1.29, 1.82) is 0 Å². The van der Waals surface area contributed by atoms with E-state index in [2.05, 4.69) is 37.5 Å². The molecule has 0 aromatic carbocycles. The molecule has 2 heterocycles. The molecule has 0 spiro atoms. The fourth-order valence-corrected chi connectivity index (χ4v) is 2.26. The van der Waals surface area contributed by atoms with Crippen LogP contribution in [0.15, 0.2) is 18.7 Å². The van der Waals surface area contributed by atoms with Gasteiger partial charge in [-0.2, -0.15) is 15.0 Å². The van der Waals surface area contributed by atoms with Crippen molar-refractivity contribution in [1.82, 2.24) is 24.5 Å². The summed E-state index contributed by atoms with van der Waals surface area (Å²) in [7, 11) is 0. The quantitative estimate of drug-likeness (QED) is 0.810. The van der Waals surface area contributed by atoms with Gasteiger partial charge in [-0.1, -0.05) is 6.92 Å². The molecule has 112 valence electrons. The number of aromatic nitrogens is 5. The monoisotopic (exact) mass is 287 g/mol. The Kier molecular flexibility index (Phi) is 3.98. The van der Waals surface area contributed by atoms with E-state index >= 15 is 0 Å². The lowest BCUT2D eigenvalue weighted by atomic mass is 10.1. The molecular formula is C14H21N7. The Hall–Kier alpha value is -2.18. The van der Waals surface area contributed by atoms with Gasteiger partial charge in [0, 0.05) is 25.5 Å². The molecule has 0 amide bonds. The first-order valence-electron chi connectivity index (χ1n) is 7.48. The van der Waals surface area contributed by atoms with Gasteiger partial charge in [-0.25, -0.2) is 4.98 Å². The summed E-state index contributed by atoms with van der Waals surface area (Å²) in [5.41, 5.74) is 0. The average molecular weight is 287 g/mol. The highest BCUT2D eigenvalue weighted by atomic mass is 15.3. The van der Waals surface area contributed by atoms with Crippen LogP contribution in [0, 0.1) is 11.8 Å². The maximum atomic E-state index is 4.46. The molecule has 1 aliphatic carbocycles. The lowest BCUT2D eigenvalue weighted by molar-refractivity contribution is 0.535. The van der Waals surface area contributed by atoms with E-state index in [1.54, 1.807) is 17.1 Å². The van der Waals surface area contributed by atoms with Crippen molar-refractivity contribution in [2.45, 2.75) is 26.7 Å². The normalized spacial score (nSPS) is 15.7. The smallest absolute Gasteiger partial charge is 0.241 e. The van der Waals surface area contributed by atoms with Crippen LogP contribution in [0.4, 0.5) is 11.9 Å². The van der Waals surface area contributed by atoms with E-state index < -0.39 is 0 Å². The summed E-state index contributed by atoms with van der Waals surface area (Å²) >= 11 is 0. The predicted octanol–water partition coefficient (Wildman–Crippen LogP) is 1.95. The van der Waals surface area contributed by atoms with Crippen molar-refractivity contribution in [3.05, 3.63) is 18.7 Å². The summed E-state index contributed by atoms with van der Waals surface area (Å²) in [5, 5.41) is 6.47. The maximum absolute atomic E-state index is 4.46. The summed E-state index contributed by atoms with van der Waals surface area (Å²) in [6.07, 6.45) is 7.91. The number of hydrogen-bond acceptors (Lipinski definition) is 6. The van der Waals surface area contributed by atoms with Crippen LogP contribution >= 0.6 is 0 Å². The first kappa shape index (κ1) is 13.8. The van der Waals surface area contributed by atoms with Crippen LogP contribution < -0.4 is 10.6 Å². The first-order chi connectivity index (χ1) is 10.3. The van der Waals surface area contributed by atoms with E-state index in [0.29, 0.717) is 23.8 Å². The molecule has 0 bridgehead atoms. The highest BCUT2D eigenvalue weighted by Gasteiger charge is 2.27. The fraction of sp³-hybridized carbons (Fsp3) is 0.571. The number of anilines is 2. The van der Waals surface area contributed by atoms with Gasteiger partial charge in [0.25, 0.3) is 0 Å². The predicted molar refractivity (Wildman–Crippen MR) is 81.5 cm³/mol. The van der Waals surface area contributed by atoms with Crippen molar-refractivity contribution in [2.75, 3.05) is 23.7 Å². The lowest BCUT2D eigenvalue weighted by Gasteiger charge is -2.13. The van der Waals surface area contributed by atoms with Gasteiger partial charge in [0.05, 0.1) is 0 Å². The van der Waals surface area contributed by atoms with E-state index in [0.717, 1.165) is 19.0 Å². The van der Waals surface area contributed by atoms with E-state index in [-0.39, 0.29) is 0 Å². The highest BCUT2D eigenvalue weighted by Crippen LogP contribution is 2.36. The minimum atomic E-state index is 0.569. The second-order valence-corrected chi connectivity index (χ2v) is 5.48. The summed E-state index contributed by atoms with van der Waals surface area (Å²) in [4.78, 5) is 17.3. The average Bonchev–Trinajstić information content (AvgIpc) is 3.19. The van der Waals surface area contributed by atoms with Gasteiger partial charge < -0.3 is 10.6 Å². The molecular weight excluding hydrogens is 266 g/mol. The number of imidazole rings is 1. The van der Waals surface area contributed by atoms with Crippen molar-refractivity contribution in [3.8, 4) is 5.95 Å². The Morgan fingerprint density at radius 3 is 2.62 bits per heavy atom. The van der Waals surface area contributed by atoms with Gasteiger partial charge in [-0.3, -0.25) is 4.57 Å². The van der Waals surface area contributed by atoms with E-state index in [1.807, 2.05) is 13.1 Å². The zero-order valence-electron chi connectivity index (χ0n) is 12.5. The molecule has 1 unspecified atom stereocenters. The molecule has 7 heteroatoms. The number of nitrogens with zero attached hydrogens (tertiary/aromatic N) is 5. The van der Waals surface area contributed by atoms with Gasteiger partial charge in [-0.05, 0) is 31.6 Å². The zero-order chi connectivity index (χ0) is 14.7. The largest absolute Gasteiger partial charge is 0.354 e. The third kappa shape index (κ3) is 3.48. The van der Waals surface area contributed by atoms with Crippen LogP contribution in [0.5, 0.6) is 0 Å². The van der Waals surface area contributed by atoms with Crippen molar-refractivity contribution < 1.29 is 0 Å². The molecule has 1 saturated carbocycles. The molecule has 0 radical (unpaired) electrons. The summed E-state index contributed by atoms with van der Waals surface area (Å²) in [5.74, 6) is 3.27. The van der Waals surface area contributed by atoms with Gasteiger partial charge in [0.2, 0.25) is 17.8 Å². The number of rotatable bonds is 7. The number of hydrogen-bond donors (Lipinski definition) is 2. The van der Waals surface area contributed by atoms with E-state index in [9.17, 15) is 0 Å². The summed E-state index contributed by atoms with van der Waals surface area (Å²) < 4.78 is 1.78. The van der Waals surface area contributed by atoms with Crippen molar-refractivity contribution >= 4 is 11.9 Å². The van der Waals surface area contributed by atoms with Crippen LogP contribution in [-0.4, -0.2) is 37.6 Å². The van der Waals surface area contributed by atoms with E-state index in [4.69, 9.17) is 0 Å². The Labute approximate surface area is 124 Å². The molecule has 1 aliphatic rings. The Morgan fingerprint density at radius 1 is 1.24 bits per heavy atom. The molecule has 2 aromatic heterocycles. The standard InChI is InChI=1S/C14H21N7/c1-3-16-12-18-13(17-8-10(2)11-4-5-11)20-14(19-12)21-7-6-15-9-21/h6-7,9-11H,3-5,8H2,1-2H3,(H2,16,17,18,19,20). The number of nitrogens with one attached hydrogen (secondary N) is 2. The summed E-state index contributed by atoms with van der Waals surface area (Å²) in [6, 6.07) is 0. The second-order valence-electron chi connectivity index (χ2n) is 5.48. The highest BCUT2D eigenvalue weighted by molar-refractivity contribution is 5.38. The van der Waals surface area contributed by atoms with Crippen LogP contribution in [-0.2, 0) is 0 Å². The molecule has 1 fully saturated rings. The molecule has 0 aliphatic heterocycles. The Morgan fingerprint density at radius 2 is 2.00 bits per heavy atom. The van der Waals surface area contributed by atoms with Crippen molar-refractivity contribution in [3.63, 3.8) is 0 Å². The molecule has 3 rings (SSSR count). The zero-order valence-corrected chi connectivity index (χ0v) is 12.5. The van der Waals surface area contributed by atoms with Crippen LogP contribution in [0.3, 0.4) is 0 Å². The lowest BCUT2D eigenvalue weighted by Crippen LogP contribution is -2.17. The van der Waals surface area contributed by atoms with Crippen molar-refractivity contribution in [2.24, 2.45) is 11.8 Å². The fourth-order valence-electron chi connectivity index (χ4n) is 2.26. The van der Waals surface area contributed by atoms with Crippen LogP contribution in [0.25, 0.3) is 5.95 Å². The molecule has 1 atom stereocenters. The topological polar surface area (TPSA) is 80.5 Å². The molecule has 0 saturated heterocycles. The van der Waals surface area contributed by atoms with E-state index in [1.165, 1.54) is 12.8 Å². The molecule has 7 nitrogen and oxygen atoms in total. The first-order valence-corrected chi connectivity index (χ1v) is 7.48. The minimum Gasteiger partial charge on any atom is -0.354 e. The Balaban J connectivity index is 1.77. The van der Waals surface area contributed by atoms with Gasteiger partial charge in [0.15, 0.2) is 0 Å². The second kappa shape index (κ2) is 6.07. The molecule has 2 aromatic rings. The summed E-state index contributed by atoms with van der Waals surface area (Å²) in [6.45, 7) is 5.95. The maximum Gasteiger partial charge on any atom is 0.241 e.